The quantitative estimate of drug-likeness (QED) is 0.471. The summed E-state index contributed by atoms with van der Waals surface area (Å²) in [6.45, 7) is 2.79. The maximum Gasteiger partial charge on any atom is 0.267 e. The Hall–Kier alpha value is -4.13. The van der Waals surface area contributed by atoms with Crippen LogP contribution < -0.4 is 14.4 Å². The maximum atomic E-state index is 13.1. The molecular formula is C27H24N4O3. The Morgan fingerprint density at radius 2 is 1.50 bits per heavy atom. The van der Waals surface area contributed by atoms with Gasteiger partial charge in [-0.2, -0.15) is 0 Å². The molecule has 34 heavy (non-hydrogen) atoms. The molecule has 7 nitrogen and oxygen atoms in total. The Morgan fingerprint density at radius 3 is 2.32 bits per heavy atom. The van der Waals surface area contributed by atoms with Crippen LogP contribution in [-0.4, -0.2) is 59.7 Å². The molecule has 1 atom stereocenters. The highest BCUT2D eigenvalue weighted by molar-refractivity contribution is 5.91. The third kappa shape index (κ3) is 3.79. The third-order valence-electron chi connectivity index (χ3n) is 6.29. The van der Waals surface area contributed by atoms with Crippen LogP contribution in [0.15, 0.2) is 78.9 Å². The standard InChI is InChI=1S/C27H24N4O3/c32-27(24-18-33-22-12-6-7-13-23(22)34-24)31-16-14-30(15-17-31)26-20-10-4-5-11-21(20)28-25(29-26)19-8-2-1-3-9-19/h1-13,24H,14-18H2. The van der Waals surface area contributed by atoms with Gasteiger partial charge in [-0.15, -0.1) is 0 Å². The molecule has 0 radical (unpaired) electrons. The van der Waals surface area contributed by atoms with Crippen LogP contribution in [0.3, 0.4) is 0 Å². The van der Waals surface area contributed by atoms with E-state index in [1.165, 1.54) is 0 Å². The van der Waals surface area contributed by atoms with Crippen molar-refractivity contribution in [1.82, 2.24) is 14.9 Å². The molecule has 1 saturated heterocycles. The largest absolute Gasteiger partial charge is 0.485 e. The molecular weight excluding hydrogens is 428 g/mol. The molecule has 0 spiro atoms. The van der Waals surface area contributed by atoms with Crippen molar-refractivity contribution < 1.29 is 14.3 Å². The number of benzene rings is 3. The van der Waals surface area contributed by atoms with Gasteiger partial charge in [0.2, 0.25) is 6.10 Å². The van der Waals surface area contributed by atoms with Gasteiger partial charge in [-0.1, -0.05) is 54.6 Å². The number of fused-ring (bicyclic) bond motifs is 2. The van der Waals surface area contributed by atoms with Crippen molar-refractivity contribution in [3.63, 3.8) is 0 Å². The number of carbonyl (C=O) groups is 1. The third-order valence-corrected chi connectivity index (χ3v) is 6.29. The van der Waals surface area contributed by atoms with Gasteiger partial charge in [-0.3, -0.25) is 4.79 Å². The molecule has 3 aromatic carbocycles. The Morgan fingerprint density at radius 1 is 0.794 bits per heavy atom. The highest BCUT2D eigenvalue weighted by Gasteiger charge is 2.33. The normalized spacial score (nSPS) is 17.6. The molecule has 7 heteroatoms. The van der Waals surface area contributed by atoms with Gasteiger partial charge < -0.3 is 19.3 Å². The monoisotopic (exact) mass is 452 g/mol. The van der Waals surface area contributed by atoms with Gasteiger partial charge >= 0.3 is 0 Å². The van der Waals surface area contributed by atoms with Gasteiger partial charge in [0.15, 0.2) is 17.3 Å². The summed E-state index contributed by atoms with van der Waals surface area (Å²) in [5.41, 5.74) is 1.90. The van der Waals surface area contributed by atoms with E-state index in [2.05, 4.69) is 11.0 Å². The Balaban J connectivity index is 1.21. The fourth-order valence-electron chi connectivity index (χ4n) is 4.50. The van der Waals surface area contributed by atoms with Gasteiger partial charge in [0.1, 0.15) is 12.4 Å². The number of amides is 1. The summed E-state index contributed by atoms with van der Waals surface area (Å²) in [6, 6.07) is 25.6. The molecule has 4 aromatic rings. The van der Waals surface area contributed by atoms with E-state index in [4.69, 9.17) is 19.4 Å². The number of ether oxygens (including phenoxy) is 2. The Bertz CT molecular complexity index is 1340. The first-order valence-electron chi connectivity index (χ1n) is 11.5. The van der Waals surface area contributed by atoms with E-state index in [1.54, 1.807) is 0 Å². The Kier molecular flexibility index (Phi) is 5.22. The molecule has 1 amide bonds. The molecule has 0 aliphatic carbocycles. The summed E-state index contributed by atoms with van der Waals surface area (Å²) < 4.78 is 11.7. The molecule has 0 N–H and O–H groups in total. The lowest BCUT2D eigenvalue weighted by Gasteiger charge is -2.38. The number of aromatic nitrogens is 2. The zero-order chi connectivity index (χ0) is 22.9. The number of anilines is 1. The van der Waals surface area contributed by atoms with E-state index < -0.39 is 6.10 Å². The summed E-state index contributed by atoms with van der Waals surface area (Å²) in [7, 11) is 0. The van der Waals surface area contributed by atoms with Crippen molar-refractivity contribution in [3.8, 4) is 22.9 Å². The lowest BCUT2D eigenvalue weighted by Crippen LogP contribution is -2.54. The second kappa shape index (κ2) is 8.67. The molecule has 2 aliphatic heterocycles. The summed E-state index contributed by atoms with van der Waals surface area (Å²) >= 11 is 0. The average Bonchev–Trinajstić information content (AvgIpc) is 2.92. The number of hydrogen-bond donors (Lipinski definition) is 0. The van der Waals surface area contributed by atoms with Crippen LogP contribution in [0.5, 0.6) is 11.5 Å². The van der Waals surface area contributed by atoms with Gasteiger partial charge in [0.05, 0.1) is 5.52 Å². The first-order chi connectivity index (χ1) is 16.8. The number of piperazine rings is 1. The minimum Gasteiger partial charge on any atom is -0.485 e. The molecule has 3 heterocycles. The molecule has 2 aliphatic rings. The van der Waals surface area contributed by atoms with Crippen molar-refractivity contribution in [1.29, 1.82) is 0 Å². The van der Waals surface area contributed by atoms with Crippen molar-refractivity contribution in [2.45, 2.75) is 6.10 Å². The van der Waals surface area contributed by atoms with Crippen LogP contribution in [0.2, 0.25) is 0 Å². The van der Waals surface area contributed by atoms with E-state index in [0.29, 0.717) is 43.5 Å². The minimum absolute atomic E-state index is 0.0355. The van der Waals surface area contributed by atoms with E-state index in [0.717, 1.165) is 22.3 Å². The van der Waals surface area contributed by atoms with Crippen LogP contribution in [0, 0.1) is 0 Å². The van der Waals surface area contributed by atoms with Gasteiger partial charge in [0.25, 0.3) is 5.91 Å². The van der Waals surface area contributed by atoms with Crippen molar-refractivity contribution >= 4 is 22.6 Å². The number of hydrogen-bond acceptors (Lipinski definition) is 6. The van der Waals surface area contributed by atoms with E-state index in [-0.39, 0.29) is 12.5 Å². The predicted octanol–water partition coefficient (Wildman–Crippen LogP) is 3.79. The van der Waals surface area contributed by atoms with Gasteiger partial charge in [-0.05, 0) is 24.3 Å². The zero-order valence-electron chi connectivity index (χ0n) is 18.6. The van der Waals surface area contributed by atoms with Crippen molar-refractivity contribution in [2.75, 3.05) is 37.7 Å². The van der Waals surface area contributed by atoms with Crippen LogP contribution in [0.4, 0.5) is 5.82 Å². The lowest BCUT2D eigenvalue weighted by atomic mass is 10.1. The molecule has 0 saturated carbocycles. The topological polar surface area (TPSA) is 67.8 Å². The molecule has 6 rings (SSSR count). The number of para-hydroxylation sites is 3. The summed E-state index contributed by atoms with van der Waals surface area (Å²) in [5, 5.41) is 1.02. The molecule has 1 aromatic heterocycles. The summed E-state index contributed by atoms with van der Waals surface area (Å²) in [4.78, 5) is 27.0. The molecule has 170 valence electrons. The lowest BCUT2D eigenvalue weighted by molar-refractivity contribution is -0.141. The fraction of sp³-hybridized carbons (Fsp3) is 0.222. The van der Waals surface area contributed by atoms with Crippen LogP contribution in [0.25, 0.3) is 22.3 Å². The molecule has 0 bridgehead atoms. The minimum atomic E-state index is -0.619. The predicted molar refractivity (Wildman–Crippen MR) is 130 cm³/mol. The second-order valence-electron chi connectivity index (χ2n) is 8.43. The number of carbonyl (C=O) groups excluding carboxylic acids is 1. The van der Waals surface area contributed by atoms with Crippen molar-refractivity contribution in [2.24, 2.45) is 0 Å². The molecule has 1 fully saturated rings. The number of nitrogens with zero attached hydrogens (tertiary/aromatic N) is 4. The average molecular weight is 453 g/mol. The fourth-order valence-corrected chi connectivity index (χ4v) is 4.50. The van der Waals surface area contributed by atoms with E-state index in [1.807, 2.05) is 77.7 Å². The Labute approximate surface area is 197 Å². The highest BCUT2D eigenvalue weighted by Crippen LogP contribution is 2.32. The first-order valence-corrected chi connectivity index (χ1v) is 11.5. The van der Waals surface area contributed by atoms with Gasteiger partial charge in [-0.25, -0.2) is 9.97 Å². The van der Waals surface area contributed by atoms with Gasteiger partial charge in [0, 0.05) is 37.1 Å². The smallest absolute Gasteiger partial charge is 0.267 e. The van der Waals surface area contributed by atoms with Crippen LogP contribution in [0.1, 0.15) is 0 Å². The van der Waals surface area contributed by atoms with E-state index in [9.17, 15) is 4.79 Å². The maximum absolute atomic E-state index is 13.1. The SMILES string of the molecule is O=C(C1COc2ccccc2O1)N1CCN(c2nc(-c3ccccc3)nc3ccccc23)CC1. The van der Waals surface area contributed by atoms with E-state index >= 15 is 0 Å². The highest BCUT2D eigenvalue weighted by atomic mass is 16.6. The van der Waals surface area contributed by atoms with Crippen LogP contribution in [-0.2, 0) is 4.79 Å². The summed E-state index contributed by atoms with van der Waals surface area (Å²) in [5.74, 6) is 2.88. The molecule has 1 unspecified atom stereocenters. The number of rotatable bonds is 3. The zero-order valence-corrected chi connectivity index (χ0v) is 18.6. The summed E-state index contributed by atoms with van der Waals surface area (Å²) in [6.07, 6.45) is -0.619. The first kappa shape index (κ1) is 20.5. The van der Waals surface area contributed by atoms with Crippen molar-refractivity contribution in [3.05, 3.63) is 78.9 Å². The second-order valence-corrected chi connectivity index (χ2v) is 8.43. The van der Waals surface area contributed by atoms with Crippen LogP contribution >= 0.6 is 0 Å².